The van der Waals surface area contributed by atoms with Crippen LogP contribution < -0.4 is 14.8 Å². The number of likely N-dealkylation sites (N-methyl/N-ethyl adjacent to an activating group) is 1. The fourth-order valence-corrected chi connectivity index (χ4v) is 4.11. The van der Waals surface area contributed by atoms with Crippen molar-refractivity contribution in [2.24, 2.45) is 0 Å². The maximum Gasteiger partial charge on any atom is 0.261 e. The molecule has 0 fully saturated rings. The highest BCUT2D eigenvalue weighted by atomic mass is 32.2. The topological polar surface area (TPSA) is 87.7 Å². The van der Waals surface area contributed by atoms with Crippen LogP contribution in [-0.2, 0) is 10.0 Å². The summed E-state index contributed by atoms with van der Waals surface area (Å²) in [4.78, 5) is 14.7. The Morgan fingerprint density at radius 3 is 2.40 bits per heavy atom. The van der Waals surface area contributed by atoms with Gasteiger partial charge in [0.2, 0.25) is 0 Å². The predicted molar refractivity (Wildman–Crippen MR) is 120 cm³/mol. The molecule has 2 rings (SSSR count). The minimum absolute atomic E-state index is 0.0291. The average molecular weight is 434 g/mol. The van der Waals surface area contributed by atoms with Crippen LogP contribution in [0.5, 0.6) is 5.75 Å². The number of benzene rings is 2. The summed E-state index contributed by atoms with van der Waals surface area (Å²) in [6.45, 7) is 10.8. The van der Waals surface area contributed by atoms with Crippen LogP contribution in [0.3, 0.4) is 0 Å². The second-order valence-corrected chi connectivity index (χ2v) is 8.75. The van der Waals surface area contributed by atoms with Gasteiger partial charge in [0.15, 0.2) is 0 Å². The number of carbonyl (C=O) groups is 1. The fourth-order valence-electron chi connectivity index (χ4n) is 3.00. The van der Waals surface area contributed by atoms with Crippen LogP contribution in [-0.4, -0.2) is 51.5 Å². The Labute approximate surface area is 179 Å². The van der Waals surface area contributed by atoms with E-state index >= 15 is 0 Å². The zero-order valence-electron chi connectivity index (χ0n) is 18.0. The molecule has 0 atom stereocenters. The highest BCUT2D eigenvalue weighted by Crippen LogP contribution is 2.20. The molecular formula is C22H31N3O4S. The number of sulfonamides is 1. The number of nitrogens with one attached hydrogen (secondary N) is 2. The van der Waals surface area contributed by atoms with Gasteiger partial charge in [-0.1, -0.05) is 13.0 Å². The Kier molecular flexibility index (Phi) is 8.68. The van der Waals surface area contributed by atoms with Gasteiger partial charge >= 0.3 is 0 Å². The smallest absolute Gasteiger partial charge is 0.261 e. The first-order valence-corrected chi connectivity index (χ1v) is 11.6. The van der Waals surface area contributed by atoms with Crippen molar-refractivity contribution in [1.29, 1.82) is 0 Å². The summed E-state index contributed by atoms with van der Waals surface area (Å²) in [5.74, 6) is 0.367. The molecular weight excluding hydrogens is 402 g/mol. The highest BCUT2D eigenvalue weighted by molar-refractivity contribution is 7.92. The Balaban J connectivity index is 2.04. The second-order valence-electron chi connectivity index (χ2n) is 7.07. The van der Waals surface area contributed by atoms with Crippen molar-refractivity contribution in [3.63, 3.8) is 0 Å². The molecule has 0 unspecified atom stereocenters. The molecule has 0 spiro atoms. The molecule has 0 saturated heterocycles. The lowest BCUT2D eigenvalue weighted by Gasteiger charge is -2.24. The third-order valence-electron chi connectivity index (χ3n) is 4.65. The highest BCUT2D eigenvalue weighted by Gasteiger charge is 2.17. The van der Waals surface area contributed by atoms with Gasteiger partial charge in [-0.05, 0) is 69.8 Å². The summed E-state index contributed by atoms with van der Waals surface area (Å²) in [5, 5.41) is 2.86. The molecule has 0 aliphatic rings. The lowest BCUT2D eigenvalue weighted by Crippen LogP contribution is -2.38. The monoisotopic (exact) mass is 433 g/mol. The average Bonchev–Trinajstić information content (AvgIpc) is 2.72. The molecule has 0 aliphatic heterocycles. The van der Waals surface area contributed by atoms with Crippen molar-refractivity contribution < 1.29 is 17.9 Å². The SMILES string of the molecule is CCOc1ccc(NS(=O)(=O)c2cccc(C(=O)NCCN(CC)C(C)C)c2)cc1. The minimum Gasteiger partial charge on any atom is -0.494 e. The van der Waals surface area contributed by atoms with Crippen molar-refractivity contribution in [3.05, 3.63) is 54.1 Å². The number of amides is 1. The van der Waals surface area contributed by atoms with Gasteiger partial charge in [0.25, 0.3) is 15.9 Å². The van der Waals surface area contributed by atoms with Gasteiger partial charge in [-0.25, -0.2) is 8.42 Å². The number of rotatable bonds is 11. The van der Waals surface area contributed by atoms with Crippen LogP contribution in [0.4, 0.5) is 5.69 Å². The molecule has 164 valence electrons. The van der Waals surface area contributed by atoms with E-state index in [2.05, 4.69) is 35.7 Å². The quantitative estimate of drug-likeness (QED) is 0.567. The lowest BCUT2D eigenvalue weighted by molar-refractivity contribution is 0.0945. The first-order valence-electron chi connectivity index (χ1n) is 10.1. The molecule has 8 heteroatoms. The normalized spacial score (nSPS) is 11.5. The van der Waals surface area contributed by atoms with Gasteiger partial charge < -0.3 is 10.1 Å². The molecule has 0 aliphatic carbocycles. The third-order valence-corrected chi connectivity index (χ3v) is 6.02. The number of hydrogen-bond donors (Lipinski definition) is 2. The first kappa shape index (κ1) is 23.7. The van der Waals surface area contributed by atoms with E-state index in [-0.39, 0.29) is 10.8 Å². The molecule has 0 bridgehead atoms. The van der Waals surface area contributed by atoms with Crippen molar-refractivity contribution in [2.75, 3.05) is 31.0 Å². The molecule has 0 radical (unpaired) electrons. The van der Waals surface area contributed by atoms with Crippen LogP contribution in [0.1, 0.15) is 38.1 Å². The number of ether oxygens (including phenoxy) is 1. The second kappa shape index (κ2) is 11.0. The Morgan fingerprint density at radius 2 is 1.80 bits per heavy atom. The van der Waals surface area contributed by atoms with E-state index in [1.807, 2.05) is 6.92 Å². The van der Waals surface area contributed by atoms with E-state index in [1.54, 1.807) is 36.4 Å². The Hall–Kier alpha value is -2.58. The maximum absolute atomic E-state index is 12.7. The summed E-state index contributed by atoms with van der Waals surface area (Å²) < 4.78 is 33.3. The summed E-state index contributed by atoms with van der Waals surface area (Å²) in [6, 6.07) is 13.1. The van der Waals surface area contributed by atoms with E-state index in [9.17, 15) is 13.2 Å². The number of nitrogens with zero attached hydrogens (tertiary/aromatic N) is 1. The van der Waals surface area contributed by atoms with Crippen molar-refractivity contribution in [3.8, 4) is 5.75 Å². The number of anilines is 1. The van der Waals surface area contributed by atoms with Crippen molar-refractivity contribution in [2.45, 2.75) is 38.6 Å². The lowest BCUT2D eigenvalue weighted by atomic mass is 10.2. The summed E-state index contributed by atoms with van der Waals surface area (Å²) in [6.07, 6.45) is 0. The molecule has 0 aromatic heterocycles. The van der Waals surface area contributed by atoms with Crippen molar-refractivity contribution in [1.82, 2.24) is 10.2 Å². The summed E-state index contributed by atoms with van der Waals surface area (Å²) in [5.41, 5.74) is 0.721. The van der Waals surface area contributed by atoms with E-state index in [4.69, 9.17) is 4.74 Å². The Morgan fingerprint density at radius 1 is 1.10 bits per heavy atom. The molecule has 30 heavy (non-hydrogen) atoms. The molecule has 0 saturated carbocycles. The Bertz CT molecular complexity index is 928. The molecule has 2 N–H and O–H groups in total. The number of hydrogen-bond acceptors (Lipinski definition) is 5. The predicted octanol–water partition coefficient (Wildman–Crippen LogP) is 3.35. The first-order chi connectivity index (χ1) is 14.3. The molecule has 2 aromatic carbocycles. The molecule has 0 heterocycles. The van der Waals surface area contributed by atoms with E-state index in [1.165, 1.54) is 12.1 Å². The van der Waals surface area contributed by atoms with Crippen molar-refractivity contribution >= 4 is 21.6 Å². The zero-order valence-corrected chi connectivity index (χ0v) is 18.8. The van der Waals surface area contributed by atoms with Crippen LogP contribution in [0.15, 0.2) is 53.4 Å². The van der Waals surface area contributed by atoms with Gasteiger partial charge in [-0.3, -0.25) is 14.4 Å². The van der Waals surface area contributed by atoms with Crippen LogP contribution in [0, 0.1) is 0 Å². The summed E-state index contributed by atoms with van der Waals surface area (Å²) in [7, 11) is -3.82. The van der Waals surface area contributed by atoms with Gasteiger partial charge in [0.05, 0.1) is 11.5 Å². The van der Waals surface area contributed by atoms with Gasteiger partial charge in [-0.15, -0.1) is 0 Å². The van der Waals surface area contributed by atoms with Gasteiger partial charge in [0, 0.05) is 30.4 Å². The van der Waals surface area contributed by atoms with E-state index in [0.29, 0.717) is 36.2 Å². The fraction of sp³-hybridized carbons (Fsp3) is 0.409. The van der Waals surface area contributed by atoms with Crippen LogP contribution >= 0.6 is 0 Å². The van der Waals surface area contributed by atoms with Gasteiger partial charge in [-0.2, -0.15) is 0 Å². The summed E-state index contributed by atoms with van der Waals surface area (Å²) >= 11 is 0. The molecule has 1 amide bonds. The number of carbonyl (C=O) groups excluding carboxylic acids is 1. The van der Waals surface area contributed by atoms with E-state index < -0.39 is 10.0 Å². The van der Waals surface area contributed by atoms with Gasteiger partial charge in [0.1, 0.15) is 5.75 Å². The third kappa shape index (κ3) is 6.74. The standard InChI is InChI=1S/C22H31N3O4S/c1-5-25(17(3)4)15-14-23-22(26)18-8-7-9-21(16-18)30(27,28)24-19-10-12-20(13-11-19)29-6-2/h7-13,16-17,24H,5-6,14-15H2,1-4H3,(H,23,26). The minimum atomic E-state index is -3.82. The zero-order chi connectivity index (χ0) is 22.1. The molecule has 2 aromatic rings. The largest absolute Gasteiger partial charge is 0.494 e. The van der Waals surface area contributed by atoms with Crippen LogP contribution in [0.2, 0.25) is 0 Å². The van der Waals surface area contributed by atoms with E-state index in [0.717, 1.165) is 13.1 Å². The molecule has 7 nitrogen and oxygen atoms in total. The van der Waals surface area contributed by atoms with Crippen LogP contribution in [0.25, 0.3) is 0 Å². The maximum atomic E-state index is 12.7.